The number of hydrogen-bond donors (Lipinski definition) is 0. The lowest BCUT2D eigenvalue weighted by molar-refractivity contribution is 1.47. The first-order chi connectivity index (χ1) is 6.22. The fourth-order valence-electron chi connectivity index (χ4n) is 1.18. The molecule has 1 aromatic heterocycles. The van der Waals surface area contributed by atoms with Crippen LogP contribution in [0.1, 0.15) is 0 Å². The molecule has 68 valence electrons. The van der Waals surface area contributed by atoms with Gasteiger partial charge in [-0.3, -0.25) is 0 Å². The molecule has 0 aliphatic carbocycles. The normalized spacial score (nSPS) is 11.0. The molecule has 4 heteroatoms. The average Bonchev–Trinajstić information content (AvgIpc) is 2.47. The topological polar surface area (TPSA) is 0 Å². The van der Waals surface area contributed by atoms with Gasteiger partial charge in [0.1, 0.15) is 0 Å². The maximum Gasteiger partial charge on any atom is 0.0666 e. The van der Waals surface area contributed by atoms with E-state index in [2.05, 4.69) is 69.6 Å². The number of halogens is 2. The maximum absolute atomic E-state index is 2.43. The zero-order valence-electron chi connectivity index (χ0n) is 6.80. The van der Waals surface area contributed by atoms with Crippen molar-refractivity contribution in [2.24, 2.45) is 0 Å². The first-order valence-corrected chi connectivity index (χ1v) is 7.84. The number of hydrogen-bond acceptors (Lipinski definition) is 2. The molecule has 2 rings (SSSR count). The Morgan fingerprint density at radius 2 is 2.08 bits per heavy atom. The molecule has 0 N–H and O–H groups in total. The fourth-order valence-corrected chi connectivity index (χ4v) is 4.96. The van der Waals surface area contributed by atoms with Gasteiger partial charge in [-0.15, -0.1) is 23.1 Å². The maximum atomic E-state index is 2.43. The summed E-state index contributed by atoms with van der Waals surface area (Å²) in [4.78, 5) is 1.38. The number of fused-ring (bicyclic) bond motifs is 1. The molecule has 0 nitrogen and oxygen atoms in total. The van der Waals surface area contributed by atoms with Crippen molar-refractivity contribution in [3.63, 3.8) is 0 Å². The van der Waals surface area contributed by atoms with E-state index < -0.39 is 0 Å². The largest absolute Gasteiger partial charge is 0.129 e. The van der Waals surface area contributed by atoms with E-state index in [1.165, 1.54) is 21.4 Å². The van der Waals surface area contributed by atoms with Crippen LogP contribution >= 0.6 is 68.3 Å². The summed E-state index contributed by atoms with van der Waals surface area (Å²) in [7, 11) is 0. The second kappa shape index (κ2) is 4.24. The lowest BCUT2D eigenvalue weighted by Gasteiger charge is -2.00. The van der Waals surface area contributed by atoms with Crippen LogP contribution < -0.4 is 0 Å². The molecular weight excluding hydrogens is 426 g/mol. The van der Waals surface area contributed by atoms with Crippen molar-refractivity contribution in [1.29, 1.82) is 0 Å². The monoisotopic (exact) mass is 432 g/mol. The summed E-state index contributed by atoms with van der Waals surface area (Å²) >= 11 is 8.49. The summed E-state index contributed by atoms with van der Waals surface area (Å²) in [6.45, 7) is 0. The Morgan fingerprint density at radius 3 is 2.77 bits per heavy atom. The van der Waals surface area contributed by atoms with E-state index in [1.54, 1.807) is 0 Å². The zero-order valence-corrected chi connectivity index (χ0v) is 12.8. The standard InChI is InChI=1S/C9H6I2S2/c1-12-7-3-2-6-5(9(7)11)4-8(10)13-6/h2-4H,1H3. The van der Waals surface area contributed by atoms with Crippen molar-refractivity contribution in [3.05, 3.63) is 24.7 Å². The molecule has 0 saturated carbocycles. The number of thiophene rings is 1. The lowest BCUT2D eigenvalue weighted by atomic mass is 10.3. The Morgan fingerprint density at radius 1 is 1.31 bits per heavy atom. The molecule has 0 radical (unpaired) electrons. The fraction of sp³-hybridized carbons (Fsp3) is 0.111. The highest BCUT2D eigenvalue weighted by molar-refractivity contribution is 14.1. The van der Waals surface area contributed by atoms with E-state index >= 15 is 0 Å². The van der Waals surface area contributed by atoms with E-state index in [4.69, 9.17) is 0 Å². The van der Waals surface area contributed by atoms with Gasteiger partial charge in [0.25, 0.3) is 0 Å². The minimum absolute atomic E-state index is 1.36. The number of rotatable bonds is 1. The van der Waals surface area contributed by atoms with Gasteiger partial charge in [-0.2, -0.15) is 0 Å². The summed E-state index contributed by atoms with van der Waals surface area (Å²) < 4.78 is 4.15. The quantitative estimate of drug-likeness (QED) is 0.460. The van der Waals surface area contributed by atoms with Crippen LogP contribution in [0.15, 0.2) is 23.1 Å². The van der Waals surface area contributed by atoms with E-state index in [1.807, 2.05) is 23.1 Å². The van der Waals surface area contributed by atoms with Crippen LogP contribution in [0, 0.1) is 6.45 Å². The van der Waals surface area contributed by atoms with Crippen LogP contribution in [0.5, 0.6) is 0 Å². The Hall–Kier alpha value is 0.990. The first-order valence-electron chi connectivity index (χ1n) is 3.64. The van der Waals surface area contributed by atoms with Crippen LogP contribution in [-0.2, 0) is 0 Å². The second-order valence-corrected chi connectivity index (χ2v) is 7.45. The van der Waals surface area contributed by atoms with Gasteiger partial charge in [0.15, 0.2) is 0 Å². The number of thioether (sulfide) groups is 1. The Balaban J connectivity index is 2.78. The molecule has 1 aromatic carbocycles. The smallest absolute Gasteiger partial charge is 0.0666 e. The predicted molar refractivity (Wildman–Crippen MR) is 79.0 cm³/mol. The minimum Gasteiger partial charge on any atom is -0.129 e. The third-order valence-corrected chi connectivity index (χ3v) is 5.96. The van der Waals surface area contributed by atoms with E-state index in [-0.39, 0.29) is 0 Å². The van der Waals surface area contributed by atoms with Crippen LogP contribution in [-0.4, -0.2) is 6.26 Å². The van der Waals surface area contributed by atoms with Crippen LogP contribution in [0.2, 0.25) is 0 Å². The van der Waals surface area contributed by atoms with Gasteiger partial charge < -0.3 is 0 Å². The third kappa shape index (κ3) is 2.00. The summed E-state index contributed by atoms with van der Waals surface area (Å²) in [5.74, 6) is 0. The second-order valence-electron chi connectivity index (χ2n) is 2.54. The van der Waals surface area contributed by atoms with Gasteiger partial charge in [-0.1, -0.05) is 0 Å². The van der Waals surface area contributed by atoms with Gasteiger partial charge >= 0.3 is 0 Å². The minimum atomic E-state index is 1.36. The molecule has 0 aliphatic heterocycles. The van der Waals surface area contributed by atoms with Gasteiger partial charge in [-0.05, 0) is 69.6 Å². The molecule has 13 heavy (non-hydrogen) atoms. The average molecular weight is 432 g/mol. The first kappa shape index (κ1) is 10.5. The Bertz CT molecular complexity index is 448. The van der Waals surface area contributed by atoms with Gasteiger partial charge in [-0.25, -0.2) is 0 Å². The van der Waals surface area contributed by atoms with Crippen molar-refractivity contribution >= 4 is 78.4 Å². The molecular formula is C9H6I2S2. The number of benzene rings is 1. The third-order valence-electron chi connectivity index (χ3n) is 1.79. The highest BCUT2D eigenvalue weighted by Crippen LogP contribution is 2.34. The van der Waals surface area contributed by atoms with Gasteiger partial charge in [0.2, 0.25) is 0 Å². The van der Waals surface area contributed by atoms with Crippen LogP contribution in [0.3, 0.4) is 0 Å². The van der Waals surface area contributed by atoms with Crippen molar-refractivity contribution in [1.82, 2.24) is 0 Å². The van der Waals surface area contributed by atoms with Crippen molar-refractivity contribution < 1.29 is 0 Å². The summed E-state index contributed by atoms with van der Waals surface area (Å²) in [6, 6.07) is 6.69. The highest BCUT2D eigenvalue weighted by atomic mass is 127. The molecule has 1 heterocycles. The molecule has 0 atom stereocenters. The lowest BCUT2D eigenvalue weighted by Crippen LogP contribution is -1.77. The Labute approximate surface area is 113 Å². The van der Waals surface area contributed by atoms with E-state index in [0.717, 1.165) is 0 Å². The van der Waals surface area contributed by atoms with Crippen molar-refractivity contribution in [2.75, 3.05) is 6.26 Å². The summed E-state index contributed by atoms with van der Waals surface area (Å²) in [5, 5.41) is 1.40. The molecule has 0 bridgehead atoms. The highest BCUT2D eigenvalue weighted by Gasteiger charge is 2.06. The molecule has 0 unspecified atom stereocenters. The molecule has 0 aliphatic rings. The Kier molecular flexibility index (Phi) is 3.43. The predicted octanol–water partition coefficient (Wildman–Crippen LogP) is 4.83. The molecule has 0 saturated heterocycles. The van der Waals surface area contributed by atoms with Gasteiger partial charge in [0, 0.05) is 18.6 Å². The van der Waals surface area contributed by atoms with Crippen molar-refractivity contribution in [2.45, 2.75) is 4.90 Å². The molecule has 0 amide bonds. The van der Waals surface area contributed by atoms with Crippen LogP contribution in [0.4, 0.5) is 0 Å². The molecule has 0 spiro atoms. The van der Waals surface area contributed by atoms with Crippen LogP contribution in [0.25, 0.3) is 10.1 Å². The molecule has 2 aromatic rings. The van der Waals surface area contributed by atoms with Gasteiger partial charge in [0.05, 0.1) is 2.88 Å². The van der Waals surface area contributed by atoms with E-state index in [0.29, 0.717) is 0 Å². The summed E-state index contributed by atoms with van der Waals surface area (Å²) in [6.07, 6.45) is 2.13. The van der Waals surface area contributed by atoms with Crippen molar-refractivity contribution in [3.8, 4) is 0 Å². The van der Waals surface area contributed by atoms with E-state index in [9.17, 15) is 0 Å². The zero-order chi connectivity index (χ0) is 9.42. The summed E-state index contributed by atoms with van der Waals surface area (Å²) in [5.41, 5.74) is 0. The molecule has 0 fully saturated rings. The SMILES string of the molecule is CSc1ccc2sc(I)cc2c1I.